The van der Waals surface area contributed by atoms with E-state index in [4.69, 9.17) is 11.6 Å². The second-order valence-electron chi connectivity index (χ2n) is 4.12. The summed E-state index contributed by atoms with van der Waals surface area (Å²) in [5, 5.41) is 3.26. The smallest absolute Gasteiger partial charge is 0.223 e. The Kier molecular flexibility index (Phi) is 4.33. The third-order valence-electron chi connectivity index (χ3n) is 2.27. The van der Waals surface area contributed by atoms with Crippen molar-refractivity contribution in [1.82, 2.24) is 9.97 Å². The summed E-state index contributed by atoms with van der Waals surface area (Å²) in [4.78, 5) is 8.65. The Morgan fingerprint density at radius 1 is 1.27 bits per heavy atom. The van der Waals surface area contributed by atoms with Gasteiger partial charge < -0.3 is 5.32 Å². The molecule has 1 rings (SSSR count). The summed E-state index contributed by atoms with van der Waals surface area (Å²) in [6, 6.07) is 2.17. The van der Waals surface area contributed by atoms with Crippen LogP contribution < -0.4 is 5.32 Å². The molecule has 0 bridgehead atoms. The minimum absolute atomic E-state index is 0.216. The first-order valence-electron chi connectivity index (χ1n) is 5.17. The van der Waals surface area contributed by atoms with Crippen molar-refractivity contribution >= 4 is 17.5 Å². The molecule has 0 fully saturated rings. The number of hydrogen-bond donors (Lipinski definition) is 1. The van der Waals surface area contributed by atoms with Crippen molar-refractivity contribution in [3.8, 4) is 0 Å². The molecule has 0 aliphatic heterocycles. The number of rotatable bonds is 4. The minimum atomic E-state index is 0.216. The van der Waals surface area contributed by atoms with Crippen LogP contribution in [0.4, 0.5) is 5.95 Å². The number of aromatic nitrogens is 2. The molecule has 1 aromatic rings. The molecule has 1 unspecified atom stereocenters. The lowest BCUT2D eigenvalue weighted by Crippen LogP contribution is -2.28. The summed E-state index contributed by atoms with van der Waals surface area (Å²) in [6.45, 7) is 8.18. The normalized spacial score (nSPS) is 12.9. The van der Waals surface area contributed by atoms with Gasteiger partial charge in [0.2, 0.25) is 5.95 Å². The number of anilines is 1. The van der Waals surface area contributed by atoms with E-state index in [0.29, 0.717) is 17.7 Å². The van der Waals surface area contributed by atoms with Crippen LogP contribution in [0.15, 0.2) is 6.07 Å². The molecule has 0 radical (unpaired) electrons. The zero-order valence-corrected chi connectivity index (χ0v) is 10.5. The highest BCUT2D eigenvalue weighted by Crippen LogP contribution is 2.11. The summed E-state index contributed by atoms with van der Waals surface area (Å²) in [5.41, 5.74) is 1.95. The van der Waals surface area contributed by atoms with Crippen LogP contribution >= 0.6 is 11.6 Å². The number of halogens is 1. The molecule has 0 aliphatic carbocycles. The molecule has 1 atom stereocenters. The van der Waals surface area contributed by atoms with Gasteiger partial charge in [0, 0.05) is 23.3 Å². The Labute approximate surface area is 96.3 Å². The average Bonchev–Trinajstić information content (AvgIpc) is 2.12. The number of aryl methyl sites for hydroxylation is 2. The van der Waals surface area contributed by atoms with E-state index < -0.39 is 0 Å². The Bertz CT molecular complexity index is 305. The quantitative estimate of drug-likeness (QED) is 0.804. The fourth-order valence-electron chi connectivity index (χ4n) is 1.34. The highest BCUT2D eigenvalue weighted by atomic mass is 35.5. The molecule has 1 aromatic heterocycles. The van der Waals surface area contributed by atoms with Gasteiger partial charge in [0.25, 0.3) is 0 Å². The minimum Gasteiger partial charge on any atom is -0.350 e. The molecule has 84 valence electrons. The van der Waals surface area contributed by atoms with Crippen molar-refractivity contribution in [2.24, 2.45) is 5.92 Å². The third kappa shape index (κ3) is 3.67. The fourth-order valence-corrected chi connectivity index (χ4v) is 1.77. The molecule has 0 aliphatic rings. The standard InChI is InChI=1S/C11H18ClN3/c1-7(2)10(6-12)15-11-13-8(3)5-9(4)14-11/h5,7,10H,6H2,1-4H3,(H,13,14,15). The van der Waals surface area contributed by atoms with E-state index in [9.17, 15) is 0 Å². The van der Waals surface area contributed by atoms with Crippen LogP contribution in [-0.2, 0) is 0 Å². The highest BCUT2D eigenvalue weighted by Gasteiger charge is 2.13. The first-order valence-corrected chi connectivity index (χ1v) is 5.71. The molecule has 1 heterocycles. The molecule has 0 saturated heterocycles. The largest absolute Gasteiger partial charge is 0.350 e. The molecule has 0 spiro atoms. The summed E-state index contributed by atoms with van der Waals surface area (Å²) < 4.78 is 0. The van der Waals surface area contributed by atoms with Gasteiger partial charge in [-0.15, -0.1) is 11.6 Å². The summed E-state index contributed by atoms with van der Waals surface area (Å²) >= 11 is 5.87. The summed E-state index contributed by atoms with van der Waals surface area (Å²) in [5.74, 6) is 1.70. The van der Waals surface area contributed by atoms with Gasteiger partial charge in [-0.2, -0.15) is 0 Å². The van der Waals surface area contributed by atoms with Gasteiger partial charge in [0.15, 0.2) is 0 Å². The van der Waals surface area contributed by atoms with Gasteiger partial charge in [0.1, 0.15) is 0 Å². The first kappa shape index (κ1) is 12.2. The first-order chi connectivity index (χ1) is 7.02. The molecular formula is C11H18ClN3. The van der Waals surface area contributed by atoms with E-state index in [0.717, 1.165) is 11.4 Å². The van der Waals surface area contributed by atoms with Crippen molar-refractivity contribution in [3.63, 3.8) is 0 Å². The Morgan fingerprint density at radius 3 is 2.20 bits per heavy atom. The Morgan fingerprint density at radius 2 is 1.80 bits per heavy atom. The molecular weight excluding hydrogens is 210 g/mol. The van der Waals surface area contributed by atoms with Gasteiger partial charge >= 0.3 is 0 Å². The summed E-state index contributed by atoms with van der Waals surface area (Å²) in [6.07, 6.45) is 0. The van der Waals surface area contributed by atoms with E-state index in [2.05, 4.69) is 29.1 Å². The van der Waals surface area contributed by atoms with Crippen LogP contribution in [0.2, 0.25) is 0 Å². The van der Waals surface area contributed by atoms with Gasteiger partial charge in [-0.25, -0.2) is 9.97 Å². The monoisotopic (exact) mass is 227 g/mol. The second-order valence-corrected chi connectivity index (χ2v) is 4.43. The number of alkyl halides is 1. The van der Waals surface area contributed by atoms with Crippen LogP contribution in [0, 0.1) is 19.8 Å². The maximum atomic E-state index is 5.87. The van der Waals surface area contributed by atoms with E-state index in [1.807, 2.05) is 19.9 Å². The fraction of sp³-hybridized carbons (Fsp3) is 0.636. The molecule has 3 nitrogen and oxygen atoms in total. The molecule has 15 heavy (non-hydrogen) atoms. The third-order valence-corrected chi connectivity index (χ3v) is 2.60. The SMILES string of the molecule is Cc1cc(C)nc(NC(CCl)C(C)C)n1. The molecule has 4 heteroatoms. The molecule has 0 saturated carbocycles. The lowest BCUT2D eigenvalue weighted by molar-refractivity contribution is 0.560. The average molecular weight is 228 g/mol. The van der Waals surface area contributed by atoms with Gasteiger partial charge in [0.05, 0.1) is 0 Å². The second kappa shape index (κ2) is 5.31. The van der Waals surface area contributed by atoms with Crippen molar-refractivity contribution in [1.29, 1.82) is 0 Å². The van der Waals surface area contributed by atoms with Crippen molar-refractivity contribution in [3.05, 3.63) is 17.5 Å². The zero-order chi connectivity index (χ0) is 11.4. The topological polar surface area (TPSA) is 37.8 Å². The lowest BCUT2D eigenvalue weighted by atomic mass is 10.1. The predicted octanol–water partition coefficient (Wildman–Crippen LogP) is 2.77. The highest BCUT2D eigenvalue weighted by molar-refractivity contribution is 6.18. The van der Waals surface area contributed by atoms with Crippen LogP contribution in [0.5, 0.6) is 0 Å². The van der Waals surface area contributed by atoms with Crippen LogP contribution in [0.1, 0.15) is 25.2 Å². The predicted molar refractivity (Wildman–Crippen MR) is 64.5 cm³/mol. The maximum absolute atomic E-state index is 5.87. The van der Waals surface area contributed by atoms with Gasteiger partial charge in [-0.1, -0.05) is 13.8 Å². The van der Waals surface area contributed by atoms with Crippen molar-refractivity contribution < 1.29 is 0 Å². The van der Waals surface area contributed by atoms with Gasteiger partial charge in [-0.3, -0.25) is 0 Å². The van der Waals surface area contributed by atoms with Crippen LogP contribution in [0.25, 0.3) is 0 Å². The number of nitrogens with zero attached hydrogens (tertiary/aromatic N) is 2. The lowest BCUT2D eigenvalue weighted by Gasteiger charge is -2.19. The number of nitrogens with one attached hydrogen (secondary N) is 1. The molecule has 1 N–H and O–H groups in total. The zero-order valence-electron chi connectivity index (χ0n) is 9.71. The summed E-state index contributed by atoms with van der Waals surface area (Å²) in [7, 11) is 0. The molecule has 0 amide bonds. The van der Waals surface area contributed by atoms with Crippen LogP contribution in [-0.4, -0.2) is 21.9 Å². The van der Waals surface area contributed by atoms with Crippen LogP contribution in [0.3, 0.4) is 0 Å². The van der Waals surface area contributed by atoms with E-state index in [1.54, 1.807) is 0 Å². The maximum Gasteiger partial charge on any atom is 0.223 e. The Hall–Kier alpha value is -0.830. The van der Waals surface area contributed by atoms with E-state index in [-0.39, 0.29) is 6.04 Å². The van der Waals surface area contributed by atoms with E-state index in [1.165, 1.54) is 0 Å². The van der Waals surface area contributed by atoms with Crippen molar-refractivity contribution in [2.45, 2.75) is 33.7 Å². The number of hydrogen-bond acceptors (Lipinski definition) is 3. The van der Waals surface area contributed by atoms with Gasteiger partial charge in [-0.05, 0) is 25.8 Å². The molecule has 0 aromatic carbocycles. The van der Waals surface area contributed by atoms with E-state index >= 15 is 0 Å². The Balaban J connectivity index is 2.79. The van der Waals surface area contributed by atoms with Crippen molar-refractivity contribution in [2.75, 3.05) is 11.2 Å².